The first-order chi connectivity index (χ1) is 13.6. The molecule has 0 bridgehead atoms. The molecule has 0 fully saturated rings. The van der Waals surface area contributed by atoms with Gasteiger partial charge in [-0.1, -0.05) is 48.0 Å². The number of aromatic nitrogens is 1. The van der Waals surface area contributed by atoms with E-state index in [1.54, 1.807) is 23.1 Å². The predicted molar refractivity (Wildman–Crippen MR) is 114 cm³/mol. The van der Waals surface area contributed by atoms with Gasteiger partial charge in [-0.25, -0.2) is 4.98 Å². The number of amides is 1. The van der Waals surface area contributed by atoms with Crippen molar-refractivity contribution in [3.8, 4) is 22.8 Å². The largest absolute Gasteiger partial charge is 0.493 e. The van der Waals surface area contributed by atoms with Crippen LogP contribution in [0.5, 0.6) is 11.5 Å². The SMILES string of the molecule is C=CCN(C(=O)c1cc(Cl)c(OC)c(OC)c1)c1nc(-c2ccccc2)cs1. The number of nitrogens with zero attached hydrogens (tertiary/aromatic N) is 2. The number of hydrogen-bond donors (Lipinski definition) is 0. The highest BCUT2D eigenvalue weighted by atomic mass is 35.5. The predicted octanol–water partition coefficient (Wildman–Crippen LogP) is 5.31. The van der Waals surface area contributed by atoms with Crippen LogP contribution in [-0.2, 0) is 0 Å². The van der Waals surface area contributed by atoms with Crippen LogP contribution in [-0.4, -0.2) is 31.7 Å². The number of carbonyl (C=O) groups is 1. The normalized spacial score (nSPS) is 10.4. The van der Waals surface area contributed by atoms with Crippen LogP contribution in [0.25, 0.3) is 11.3 Å². The third-order valence-electron chi connectivity index (χ3n) is 4.03. The van der Waals surface area contributed by atoms with Gasteiger partial charge in [0.2, 0.25) is 0 Å². The fourth-order valence-corrected chi connectivity index (χ4v) is 3.83. The van der Waals surface area contributed by atoms with Gasteiger partial charge in [-0.05, 0) is 12.1 Å². The van der Waals surface area contributed by atoms with E-state index < -0.39 is 0 Å². The van der Waals surface area contributed by atoms with Gasteiger partial charge in [0.1, 0.15) is 0 Å². The Balaban J connectivity index is 1.97. The van der Waals surface area contributed by atoms with Crippen LogP contribution in [0.4, 0.5) is 5.13 Å². The second-order valence-corrected chi connectivity index (χ2v) is 7.02. The van der Waals surface area contributed by atoms with E-state index in [2.05, 4.69) is 11.6 Å². The van der Waals surface area contributed by atoms with Crippen molar-refractivity contribution < 1.29 is 14.3 Å². The summed E-state index contributed by atoms with van der Waals surface area (Å²) < 4.78 is 10.5. The van der Waals surface area contributed by atoms with Gasteiger partial charge < -0.3 is 9.47 Å². The van der Waals surface area contributed by atoms with E-state index in [9.17, 15) is 4.79 Å². The molecule has 1 heterocycles. The third-order valence-corrected chi connectivity index (χ3v) is 5.17. The summed E-state index contributed by atoms with van der Waals surface area (Å²) in [4.78, 5) is 19.4. The molecular weight excluding hydrogens is 396 g/mol. The van der Waals surface area contributed by atoms with Crippen LogP contribution in [0.1, 0.15) is 10.4 Å². The summed E-state index contributed by atoms with van der Waals surface area (Å²) in [5.74, 6) is 0.523. The second kappa shape index (κ2) is 8.91. The van der Waals surface area contributed by atoms with Crippen LogP contribution < -0.4 is 14.4 Å². The molecule has 3 aromatic rings. The molecular formula is C21H19ClN2O3S. The Morgan fingerprint density at radius 2 is 2.00 bits per heavy atom. The molecule has 1 aromatic heterocycles. The zero-order valence-corrected chi connectivity index (χ0v) is 17.1. The zero-order chi connectivity index (χ0) is 20.1. The number of anilines is 1. The van der Waals surface area contributed by atoms with E-state index >= 15 is 0 Å². The number of hydrogen-bond acceptors (Lipinski definition) is 5. The van der Waals surface area contributed by atoms with E-state index in [1.807, 2.05) is 35.7 Å². The van der Waals surface area contributed by atoms with E-state index in [0.717, 1.165) is 11.3 Å². The molecule has 0 saturated heterocycles. The van der Waals surface area contributed by atoms with Crippen molar-refractivity contribution in [2.75, 3.05) is 25.7 Å². The molecule has 0 radical (unpaired) electrons. The number of halogens is 1. The highest BCUT2D eigenvalue weighted by Crippen LogP contribution is 2.37. The zero-order valence-electron chi connectivity index (χ0n) is 15.5. The minimum atomic E-state index is -0.253. The van der Waals surface area contributed by atoms with Crippen molar-refractivity contribution in [2.24, 2.45) is 0 Å². The number of benzene rings is 2. The van der Waals surface area contributed by atoms with Crippen LogP contribution in [0.2, 0.25) is 5.02 Å². The van der Waals surface area contributed by atoms with Crippen molar-refractivity contribution in [3.63, 3.8) is 0 Å². The monoisotopic (exact) mass is 414 g/mol. The maximum absolute atomic E-state index is 13.2. The number of ether oxygens (including phenoxy) is 2. The summed E-state index contributed by atoms with van der Waals surface area (Å²) >= 11 is 7.66. The summed E-state index contributed by atoms with van der Waals surface area (Å²) in [7, 11) is 2.99. The maximum Gasteiger partial charge on any atom is 0.260 e. The molecule has 7 heteroatoms. The molecule has 28 heavy (non-hydrogen) atoms. The van der Waals surface area contributed by atoms with Crippen molar-refractivity contribution in [3.05, 3.63) is 71.1 Å². The van der Waals surface area contributed by atoms with Crippen LogP contribution in [0, 0.1) is 0 Å². The lowest BCUT2D eigenvalue weighted by Gasteiger charge is -2.19. The van der Waals surface area contributed by atoms with Gasteiger partial charge in [0.25, 0.3) is 5.91 Å². The Hall–Kier alpha value is -2.83. The highest BCUT2D eigenvalue weighted by molar-refractivity contribution is 7.14. The Labute approximate surface area is 172 Å². The van der Waals surface area contributed by atoms with Crippen LogP contribution >= 0.6 is 22.9 Å². The van der Waals surface area contributed by atoms with Gasteiger partial charge in [-0.3, -0.25) is 9.69 Å². The van der Waals surface area contributed by atoms with E-state index in [4.69, 9.17) is 21.1 Å². The molecule has 0 N–H and O–H groups in total. The summed E-state index contributed by atoms with van der Waals surface area (Å²) in [5, 5.41) is 2.80. The minimum absolute atomic E-state index is 0.253. The molecule has 0 aliphatic carbocycles. The van der Waals surface area contributed by atoms with Crippen molar-refractivity contribution in [1.29, 1.82) is 0 Å². The van der Waals surface area contributed by atoms with Gasteiger partial charge in [0.05, 0.1) is 24.9 Å². The molecule has 5 nitrogen and oxygen atoms in total. The smallest absolute Gasteiger partial charge is 0.260 e. The number of carbonyl (C=O) groups excluding carboxylic acids is 1. The summed E-state index contributed by atoms with van der Waals surface area (Å²) in [6.45, 7) is 4.07. The highest BCUT2D eigenvalue weighted by Gasteiger charge is 2.23. The fourth-order valence-electron chi connectivity index (χ4n) is 2.70. The van der Waals surface area contributed by atoms with Gasteiger partial charge >= 0.3 is 0 Å². The average molecular weight is 415 g/mol. The minimum Gasteiger partial charge on any atom is -0.493 e. The quantitative estimate of drug-likeness (QED) is 0.491. The third kappa shape index (κ3) is 4.03. The van der Waals surface area contributed by atoms with E-state index in [0.29, 0.717) is 33.8 Å². The standard InChI is InChI=1S/C21H19ClN2O3S/c1-4-10-24(21-23-17(13-28-21)14-8-6-5-7-9-14)20(25)15-11-16(22)19(27-3)18(12-15)26-2/h4-9,11-13H,1,10H2,2-3H3. The average Bonchev–Trinajstić information content (AvgIpc) is 3.21. The van der Waals surface area contributed by atoms with Gasteiger partial charge in [0, 0.05) is 23.1 Å². The molecule has 0 aliphatic heterocycles. The Morgan fingerprint density at radius 1 is 1.25 bits per heavy atom. The molecule has 0 atom stereocenters. The number of thiazole rings is 1. The Morgan fingerprint density at radius 3 is 2.64 bits per heavy atom. The van der Waals surface area contributed by atoms with Gasteiger partial charge in [-0.15, -0.1) is 17.9 Å². The van der Waals surface area contributed by atoms with E-state index in [1.165, 1.54) is 25.6 Å². The summed E-state index contributed by atoms with van der Waals surface area (Å²) in [6.07, 6.45) is 1.66. The van der Waals surface area contributed by atoms with Gasteiger partial charge in [-0.2, -0.15) is 0 Å². The Kier molecular flexibility index (Phi) is 6.34. The van der Waals surface area contributed by atoms with Crippen LogP contribution in [0.15, 0.2) is 60.5 Å². The van der Waals surface area contributed by atoms with Crippen molar-refractivity contribution >= 4 is 34.0 Å². The summed E-state index contributed by atoms with van der Waals surface area (Å²) in [6, 6.07) is 13.0. The maximum atomic E-state index is 13.2. The topological polar surface area (TPSA) is 51.7 Å². The summed E-state index contributed by atoms with van der Waals surface area (Å²) in [5.41, 5.74) is 2.18. The van der Waals surface area contributed by atoms with Crippen LogP contribution in [0.3, 0.4) is 0 Å². The number of methoxy groups -OCH3 is 2. The Bertz CT molecular complexity index is 989. The molecule has 3 rings (SSSR count). The lowest BCUT2D eigenvalue weighted by Crippen LogP contribution is -2.31. The molecule has 2 aromatic carbocycles. The lowest BCUT2D eigenvalue weighted by atomic mass is 10.1. The second-order valence-electron chi connectivity index (χ2n) is 5.78. The van der Waals surface area contributed by atoms with Crippen molar-refractivity contribution in [1.82, 2.24) is 4.98 Å². The first-order valence-corrected chi connectivity index (χ1v) is 9.70. The van der Waals surface area contributed by atoms with Crippen molar-refractivity contribution in [2.45, 2.75) is 0 Å². The first kappa shape index (κ1) is 19.9. The molecule has 0 unspecified atom stereocenters. The molecule has 144 valence electrons. The van der Waals surface area contributed by atoms with E-state index in [-0.39, 0.29) is 5.91 Å². The molecule has 0 saturated carbocycles. The number of rotatable bonds is 7. The van der Waals surface area contributed by atoms with Gasteiger partial charge in [0.15, 0.2) is 16.6 Å². The fraction of sp³-hybridized carbons (Fsp3) is 0.143. The lowest BCUT2D eigenvalue weighted by molar-refractivity contribution is 0.0989. The molecule has 0 spiro atoms. The molecule has 1 amide bonds. The molecule has 0 aliphatic rings. The first-order valence-electron chi connectivity index (χ1n) is 8.44.